The van der Waals surface area contributed by atoms with E-state index in [0.29, 0.717) is 4.90 Å². The van der Waals surface area contributed by atoms with Crippen LogP contribution in [0, 0.1) is 0 Å². The van der Waals surface area contributed by atoms with Gasteiger partial charge in [-0.25, -0.2) is 22.0 Å². The summed E-state index contributed by atoms with van der Waals surface area (Å²) in [5.74, 6) is -9.92. The quantitative estimate of drug-likeness (QED) is 0.598. The Morgan fingerprint density at radius 3 is 1.56 bits per heavy atom. The number of hydrogen-bond acceptors (Lipinski definition) is 2. The van der Waals surface area contributed by atoms with Gasteiger partial charge in [0.2, 0.25) is 0 Å². The molecule has 13 heteroatoms. The number of hydrogen-bond donors (Lipinski definition) is 0. The summed E-state index contributed by atoms with van der Waals surface area (Å²) in [5, 5.41) is 0. The van der Waals surface area contributed by atoms with E-state index < -0.39 is 49.6 Å². The van der Waals surface area contributed by atoms with E-state index in [2.05, 4.69) is 4.74 Å². The van der Waals surface area contributed by atoms with E-state index in [0.717, 1.165) is 0 Å². The maximum atomic E-state index is 13.8. The lowest BCUT2D eigenvalue weighted by atomic mass is 10.1. The summed E-state index contributed by atoms with van der Waals surface area (Å²) in [7, 11) is 0. The summed E-state index contributed by atoms with van der Waals surface area (Å²) in [6.07, 6.45) is -15.6. The van der Waals surface area contributed by atoms with Crippen LogP contribution in [0.4, 0.5) is 48.3 Å². The molecule has 0 spiro atoms. The molecule has 0 aliphatic carbocycles. The Labute approximate surface area is 134 Å². The Hall–Kier alpha value is -0.850. The molecule has 2 atom stereocenters. The van der Waals surface area contributed by atoms with Crippen molar-refractivity contribution in [1.29, 1.82) is 0 Å². The van der Waals surface area contributed by atoms with Crippen molar-refractivity contribution in [2.24, 2.45) is 0 Å². The predicted octanol–water partition coefficient (Wildman–Crippen LogP) is 4.20. The third kappa shape index (κ3) is 5.83. The molecule has 1 fully saturated rings. The summed E-state index contributed by atoms with van der Waals surface area (Å²) >= 11 is 0. The zero-order chi connectivity index (χ0) is 19.7. The topological polar surface area (TPSA) is 12.5 Å². The van der Waals surface area contributed by atoms with Crippen molar-refractivity contribution in [3.63, 3.8) is 0 Å². The normalized spacial score (nSPS) is 20.8. The van der Waals surface area contributed by atoms with Gasteiger partial charge in [0.15, 0.2) is 6.04 Å². The lowest BCUT2D eigenvalue weighted by Gasteiger charge is -2.35. The van der Waals surface area contributed by atoms with Crippen molar-refractivity contribution in [3.8, 4) is 0 Å². The Kier molecular flexibility index (Phi) is 6.58. The van der Waals surface area contributed by atoms with Gasteiger partial charge in [-0.3, -0.25) is 4.90 Å². The minimum absolute atomic E-state index is 0.219. The molecule has 25 heavy (non-hydrogen) atoms. The highest BCUT2D eigenvalue weighted by molar-refractivity contribution is 4.93. The first-order chi connectivity index (χ1) is 11.1. The summed E-state index contributed by atoms with van der Waals surface area (Å²) in [6, 6.07) is -3.33. The van der Waals surface area contributed by atoms with E-state index in [1.165, 1.54) is 0 Å². The fourth-order valence-electron chi connectivity index (χ4n) is 2.43. The van der Waals surface area contributed by atoms with Gasteiger partial charge in [0.05, 0.1) is 0 Å². The summed E-state index contributed by atoms with van der Waals surface area (Å²) < 4.78 is 144. The molecule has 1 aliphatic rings. The van der Waals surface area contributed by atoms with Gasteiger partial charge < -0.3 is 4.74 Å². The van der Waals surface area contributed by atoms with Gasteiger partial charge in [-0.15, -0.1) is 0 Å². The molecule has 0 aromatic carbocycles. The van der Waals surface area contributed by atoms with E-state index in [1.54, 1.807) is 0 Å². The van der Waals surface area contributed by atoms with Crippen LogP contribution in [-0.4, -0.2) is 67.6 Å². The second kappa shape index (κ2) is 7.41. The highest BCUT2D eigenvalue weighted by Gasteiger charge is 2.60. The molecule has 0 saturated carbocycles. The van der Waals surface area contributed by atoms with Crippen LogP contribution >= 0.6 is 0 Å². The number of nitrogens with zero attached hydrogens (tertiary/aromatic N) is 1. The predicted molar refractivity (Wildman–Crippen MR) is 62.3 cm³/mol. The van der Waals surface area contributed by atoms with E-state index in [9.17, 15) is 48.3 Å². The van der Waals surface area contributed by atoms with Gasteiger partial charge in [-0.1, -0.05) is 0 Å². The fraction of sp³-hybridized carbons (Fsp3) is 1.00. The molecule has 0 radical (unpaired) electrons. The molecule has 0 aromatic heterocycles. The molecule has 1 heterocycles. The van der Waals surface area contributed by atoms with E-state index >= 15 is 0 Å². The third-order valence-corrected chi connectivity index (χ3v) is 3.46. The van der Waals surface area contributed by atoms with Gasteiger partial charge >= 0.3 is 18.3 Å². The van der Waals surface area contributed by atoms with Crippen molar-refractivity contribution in [2.75, 3.05) is 26.3 Å². The minimum atomic E-state index is -5.97. The van der Waals surface area contributed by atoms with Crippen molar-refractivity contribution < 1.29 is 53.0 Å². The average Bonchev–Trinajstić information content (AvgIpc) is 2.87. The van der Waals surface area contributed by atoms with Gasteiger partial charge in [0, 0.05) is 0 Å². The molecule has 150 valence electrons. The van der Waals surface area contributed by atoms with Crippen molar-refractivity contribution in [2.45, 2.75) is 49.3 Å². The Morgan fingerprint density at radius 2 is 1.16 bits per heavy atom. The first-order valence-corrected chi connectivity index (χ1v) is 6.94. The zero-order valence-electron chi connectivity index (χ0n) is 12.4. The molecule has 1 aliphatic heterocycles. The maximum Gasteiger partial charge on any atom is 0.425 e. The monoisotopic (exact) mass is 397 g/mol. The molecule has 0 aromatic rings. The van der Waals surface area contributed by atoms with Gasteiger partial charge in [0.25, 0.3) is 12.1 Å². The average molecular weight is 397 g/mol. The Bertz CT molecular complexity index is 428. The molecular formula is C12H14F11NO. The van der Waals surface area contributed by atoms with Crippen LogP contribution in [0.2, 0.25) is 0 Å². The molecule has 0 N–H and O–H groups in total. The highest BCUT2D eigenvalue weighted by Crippen LogP contribution is 2.39. The maximum absolute atomic E-state index is 13.8. The molecule has 0 bridgehead atoms. The summed E-state index contributed by atoms with van der Waals surface area (Å²) in [6.45, 7) is -5.28. The number of halogens is 11. The standard InChI is InChI=1S/C12H14F11NO/c13-7(11(18,19)20)9(14,15)5-25-6-10(16,17)8(12(21,22)23)24-3-1-2-4-24/h7-8H,1-6H2. The van der Waals surface area contributed by atoms with Crippen LogP contribution in [0.25, 0.3) is 0 Å². The number of alkyl halides is 11. The molecule has 0 amide bonds. The van der Waals surface area contributed by atoms with Gasteiger partial charge in [-0.05, 0) is 25.9 Å². The number of ether oxygens (including phenoxy) is 1. The zero-order valence-corrected chi connectivity index (χ0v) is 12.4. The largest absolute Gasteiger partial charge is 0.425 e. The van der Waals surface area contributed by atoms with E-state index in [4.69, 9.17) is 0 Å². The Morgan fingerprint density at radius 1 is 0.720 bits per heavy atom. The van der Waals surface area contributed by atoms with Crippen molar-refractivity contribution >= 4 is 0 Å². The minimum Gasteiger partial charge on any atom is -0.369 e. The number of likely N-dealkylation sites (tertiary alicyclic amines) is 1. The first-order valence-electron chi connectivity index (χ1n) is 6.94. The van der Waals surface area contributed by atoms with Crippen molar-refractivity contribution in [1.82, 2.24) is 4.90 Å². The SMILES string of the molecule is FC(C(F)(F)F)C(F)(F)COCC(F)(F)C(N1CCCC1)C(F)(F)F. The van der Waals surface area contributed by atoms with Crippen LogP contribution in [0.3, 0.4) is 0 Å². The van der Waals surface area contributed by atoms with Crippen LogP contribution in [0.1, 0.15) is 12.8 Å². The van der Waals surface area contributed by atoms with Crippen molar-refractivity contribution in [3.05, 3.63) is 0 Å². The summed E-state index contributed by atoms with van der Waals surface area (Å²) in [5.41, 5.74) is 0. The molecule has 2 unspecified atom stereocenters. The van der Waals surface area contributed by atoms with E-state index in [1.807, 2.05) is 0 Å². The van der Waals surface area contributed by atoms with Crippen LogP contribution in [0.5, 0.6) is 0 Å². The lowest BCUT2D eigenvalue weighted by Crippen LogP contribution is -2.57. The fourth-order valence-corrected chi connectivity index (χ4v) is 2.43. The molecule has 2 nitrogen and oxygen atoms in total. The van der Waals surface area contributed by atoms with Gasteiger partial charge in [0.1, 0.15) is 13.2 Å². The third-order valence-electron chi connectivity index (χ3n) is 3.46. The number of rotatable bonds is 7. The van der Waals surface area contributed by atoms with Crippen LogP contribution < -0.4 is 0 Å². The highest BCUT2D eigenvalue weighted by atomic mass is 19.4. The van der Waals surface area contributed by atoms with E-state index in [-0.39, 0.29) is 25.9 Å². The van der Waals surface area contributed by atoms with Crippen LogP contribution in [-0.2, 0) is 4.74 Å². The Balaban J connectivity index is 2.75. The molecule has 1 saturated heterocycles. The second-order valence-corrected chi connectivity index (χ2v) is 5.61. The summed E-state index contributed by atoms with van der Waals surface area (Å²) in [4.78, 5) is 0.398. The van der Waals surface area contributed by atoms with Crippen LogP contribution in [0.15, 0.2) is 0 Å². The first kappa shape index (κ1) is 22.2. The lowest BCUT2D eigenvalue weighted by molar-refractivity contribution is -0.272. The smallest absolute Gasteiger partial charge is 0.369 e. The second-order valence-electron chi connectivity index (χ2n) is 5.61. The molecular weight excluding hydrogens is 383 g/mol. The molecule has 1 rings (SSSR count). The van der Waals surface area contributed by atoms with Gasteiger partial charge in [-0.2, -0.15) is 26.3 Å².